The maximum absolute atomic E-state index is 6.04. The van der Waals surface area contributed by atoms with Gasteiger partial charge in [0.15, 0.2) is 5.16 Å². The molecule has 26 heavy (non-hydrogen) atoms. The largest absolute Gasteiger partial charge is 0.439 e. The molecule has 0 radical (unpaired) electrons. The summed E-state index contributed by atoms with van der Waals surface area (Å²) in [5.41, 5.74) is 3.51. The zero-order chi connectivity index (χ0) is 18.4. The van der Waals surface area contributed by atoms with Crippen molar-refractivity contribution in [1.29, 1.82) is 0 Å². The van der Waals surface area contributed by atoms with E-state index in [1.54, 1.807) is 11.8 Å². The molecule has 0 fully saturated rings. The Morgan fingerprint density at radius 3 is 2.50 bits per heavy atom. The van der Waals surface area contributed by atoms with Crippen molar-refractivity contribution in [1.82, 2.24) is 9.97 Å². The van der Waals surface area contributed by atoms with Crippen LogP contribution in [0.2, 0.25) is 0 Å². The second-order valence-corrected chi connectivity index (χ2v) is 7.38. The van der Waals surface area contributed by atoms with Crippen LogP contribution in [0.5, 0.6) is 11.6 Å². The average Bonchev–Trinajstić information content (AvgIpc) is 2.67. The number of hydrogen-bond acceptors (Lipinski definition) is 4. The summed E-state index contributed by atoms with van der Waals surface area (Å²) in [5.74, 6) is 2.73. The lowest BCUT2D eigenvalue weighted by Gasteiger charge is -2.11. The van der Waals surface area contributed by atoms with Crippen LogP contribution < -0.4 is 4.74 Å². The van der Waals surface area contributed by atoms with Gasteiger partial charge in [-0.1, -0.05) is 75.0 Å². The lowest BCUT2D eigenvalue weighted by Crippen LogP contribution is -1.98. The number of hydrogen-bond donors (Lipinski definition) is 0. The molecule has 3 rings (SSSR count). The van der Waals surface area contributed by atoms with Gasteiger partial charge < -0.3 is 4.74 Å². The van der Waals surface area contributed by atoms with E-state index in [9.17, 15) is 0 Å². The molecule has 0 spiro atoms. The Morgan fingerprint density at radius 1 is 0.962 bits per heavy atom. The fourth-order valence-electron chi connectivity index (χ4n) is 2.53. The summed E-state index contributed by atoms with van der Waals surface area (Å²) in [6, 6.07) is 20.5. The van der Waals surface area contributed by atoms with Gasteiger partial charge in [-0.15, -0.1) is 0 Å². The van der Waals surface area contributed by atoms with Crippen LogP contribution in [0.4, 0.5) is 0 Å². The highest BCUT2D eigenvalue weighted by Gasteiger charge is 2.08. The van der Waals surface area contributed by atoms with E-state index >= 15 is 0 Å². The molecular formula is C22H24N2OS. The molecule has 0 aliphatic carbocycles. The Bertz CT molecular complexity index is 850. The molecule has 1 heterocycles. The van der Waals surface area contributed by atoms with E-state index in [1.165, 1.54) is 11.1 Å². The minimum absolute atomic E-state index is 0.465. The third-order valence-corrected chi connectivity index (χ3v) is 4.97. The van der Waals surface area contributed by atoms with Crippen LogP contribution in [0.25, 0.3) is 0 Å². The van der Waals surface area contributed by atoms with Crippen molar-refractivity contribution >= 4 is 11.8 Å². The predicted molar refractivity (Wildman–Crippen MR) is 108 cm³/mol. The Labute approximate surface area is 159 Å². The summed E-state index contributed by atoms with van der Waals surface area (Å²) in [5, 5.41) is 0.753. The van der Waals surface area contributed by atoms with Crippen molar-refractivity contribution in [3.8, 4) is 11.6 Å². The van der Waals surface area contributed by atoms with Gasteiger partial charge >= 0.3 is 0 Å². The molecule has 134 valence electrons. The second kappa shape index (κ2) is 8.86. The first-order chi connectivity index (χ1) is 12.6. The van der Waals surface area contributed by atoms with E-state index in [1.807, 2.05) is 24.3 Å². The number of benzene rings is 2. The molecule has 4 heteroatoms. The molecule has 3 aromatic rings. The first-order valence-corrected chi connectivity index (χ1v) is 9.95. The lowest BCUT2D eigenvalue weighted by molar-refractivity contribution is 0.453. The van der Waals surface area contributed by atoms with E-state index in [0.29, 0.717) is 11.8 Å². The second-order valence-electron chi connectivity index (χ2n) is 6.44. The molecule has 1 aromatic heterocycles. The van der Waals surface area contributed by atoms with Crippen molar-refractivity contribution in [2.75, 3.05) is 0 Å². The van der Waals surface area contributed by atoms with Crippen molar-refractivity contribution in [3.05, 3.63) is 77.5 Å². The van der Waals surface area contributed by atoms with Gasteiger partial charge in [0.2, 0.25) is 5.88 Å². The summed E-state index contributed by atoms with van der Waals surface area (Å²) in [6.07, 6.45) is 0.851. The predicted octanol–water partition coefficient (Wildman–Crippen LogP) is 6.25. The van der Waals surface area contributed by atoms with Crippen LogP contribution in [-0.2, 0) is 12.2 Å². The molecular weight excluding hydrogens is 340 g/mol. The van der Waals surface area contributed by atoms with Gasteiger partial charge in [0, 0.05) is 17.5 Å². The molecule has 0 bridgehead atoms. The Hall–Kier alpha value is -2.33. The highest BCUT2D eigenvalue weighted by Crippen LogP contribution is 2.27. The third-order valence-electron chi connectivity index (χ3n) is 4.06. The van der Waals surface area contributed by atoms with E-state index < -0.39 is 0 Å². The van der Waals surface area contributed by atoms with Crippen LogP contribution >= 0.6 is 11.8 Å². The number of thioether (sulfide) groups is 1. The Kier molecular flexibility index (Phi) is 6.29. The monoisotopic (exact) mass is 364 g/mol. The molecule has 2 aromatic carbocycles. The molecule has 3 nitrogen and oxygen atoms in total. The van der Waals surface area contributed by atoms with Gasteiger partial charge in [-0.05, 0) is 35.6 Å². The zero-order valence-corrected chi connectivity index (χ0v) is 16.3. The van der Waals surface area contributed by atoms with Crippen LogP contribution in [-0.4, -0.2) is 9.97 Å². The minimum atomic E-state index is 0.465. The van der Waals surface area contributed by atoms with Gasteiger partial charge in [0.05, 0.1) is 0 Å². The van der Waals surface area contributed by atoms with Crippen molar-refractivity contribution in [2.45, 2.75) is 44.0 Å². The van der Waals surface area contributed by atoms with E-state index in [2.05, 4.69) is 67.1 Å². The first-order valence-electron chi connectivity index (χ1n) is 8.96. The minimum Gasteiger partial charge on any atom is -0.439 e. The van der Waals surface area contributed by atoms with Gasteiger partial charge in [-0.2, -0.15) is 4.98 Å². The Morgan fingerprint density at radius 2 is 1.77 bits per heavy atom. The Balaban J connectivity index is 1.77. The summed E-state index contributed by atoms with van der Waals surface area (Å²) in [6.45, 7) is 6.45. The molecule has 0 atom stereocenters. The SMILES string of the molecule is CCc1cc(Oc2cccc(C(C)C)c2)nc(SCc2ccccc2)n1. The van der Waals surface area contributed by atoms with Crippen molar-refractivity contribution < 1.29 is 4.74 Å². The highest BCUT2D eigenvalue weighted by molar-refractivity contribution is 7.98. The molecule has 0 saturated heterocycles. The highest BCUT2D eigenvalue weighted by atomic mass is 32.2. The van der Waals surface area contributed by atoms with Crippen molar-refractivity contribution in [2.24, 2.45) is 0 Å². The number of aryl methyl sites for hydroxylation is 1. The van der Waals surface area contributed by atoms with Gasteiger partial charge in [0.1, 0.15) is 5.75 Å². The van der Waals surface area contributed by atoms with E-state index in [-0.39, 0.29) is 0 Å². The molecule has 0 amide bonds. The molecule has 0 aliphatic rings. The van der Waals surface area contributed by atoms with E-state index in [4.69, 9.17) is 4.74 Å². The normalized spacial score (nSPS) is 10.9. The summed E-state index contributed by atoms with van der Waals surface area (Å²) in [4.78, 5) is 9.22. The third kappa shape index (κ3) is 5.09. The van der Waals surface area contributed by atoms with Gasteiger partial charge in [-0.3, -0.25) is 0 Å². The number of nitrogens with zero attached hydrogens (tertiary/aromatic N) is 2. The fraction of sp³-hybridized carbons (Fsp3) is 0.273. The zero-order valence-electron chi connectivity index (χ0n) is 15.5. The molecule has 0 saturated carbocycles. The molecule has 0 unspecified atom stereocenters. The number of ether oxygens (including phenoxy) is 1. The van der Waals surface area contributed by atoms with E-state index in [0.717, 1.165) is 28.8 Å². The van der Waals surface area contributed by atoms with Crippen LogP contribution in [0.1, 0.15) is 43.5 Å². The summed E-state index contributed by atoms with van der Waals surface area (Å²) in [7, 11) is 0. The van der Waals surface area contributed by atoms with Crippen LogP contribution in [0.15, 0.2) is 65.8 Å². The first kappa shape index (κ1) is 18.5. The van der Waals surface area contributed by atoms with Gasteiger partial charge in [0.25, 0.3) is 0 Å². The smallest absolute Gasteiger partial charge is 0.223 e. The maximum atomic E-state index is 6.04. The summed E-state index contributed by atoms with van der Waals surface area (Å²) >= 11 is 1.63. The molecule has 0 aliphatic heterocycles. The number of rotatable bonds is 7. The summed E-state index contributed by atoms with van der Waals surface area (Å²) < 4.78 is 6.04. The topological polar surface area (TPSA) is 35.0 Å². The molecule has 0 N–H and O–H groups in total. The van der Waals surface area contributed by atoms with Crippen molar-refractivity contribution in [3.63, 3.8) is 0 Å². The average molecular weight is 365 g/mol. The fourth-order valence-corrected chi connectivity index (χ4v) is 3.35. The van der Waals surface area contributed by atoms with Crippen LogP contribution in [0.3, 0.4) is 0 Å². The lowest BCUT2D eigenvalue weighted by atomic mass is 10.0. The standard InChI is InChI=1S/C22H24N2OS/c1-4-19-14-21(25-20-12-8-11-18(13-20)16(2)3)24-22(23-19)26-15-17-9-6-5-7-10-17/h5-14,16H,4,15H2,1-3H3. The quantitative estimate of drug-likeness (QED) is 0.367. The number of aromatic nitrogens is 2. The van der Waals surface area contributed by atoms with Crippen LogP contribution in [0, 0.1) is 0 Å². The maximum Gasteiger partial charge on any atom is 0.223 e. The van der Waals surface area contributed by atoms with Gasteiger partial charge in [-0.25, -0.2) is 4.98 Å².